The van der Waals surface area contributed by atoms with Crippen molar-refractivity contribution in [2.75, 3.05) is 9.80 Å². The molecule has 2 aliphatic rings. The van der Waals surface area contributed by atoms with Gasteiger partial charge in [-0.2, -0.15) is 0 Å². The van der Waals surface area contributed by atoms with Crippen molar-refractivity contribution in [3.63, 3.8) is 0 Å². The number of aromatic nitrogens is 3. The molecule has 0 saturated heterocycles. The highest BCUT2D eigenvalue weighted by Crippen LogP contribution is 2.51. The number of benzene rings is 16. The predicted octanol–water partition coefficient (Wildman–Crippen LogP) is 27.3. The minimum Gasteiger partial charge on any atom is -0.311 e. The first-order valence-electron chi connectivity index (χ1n) is 40.2. The summed E-state index contributed by atoms with van der Waals surface area (Å²) in [6.07, 6.45) is 0. The van der Waals surface area contributed by atoms with Crippen LogP contribution >= 0.6 is 0 Å². The zero-order valence-electron chi connectivity index (χ0n) is 65.9. The Bertz CT molecular complexity index is 6860. The Morgan fingerprint density at radius 2 is 0.500 bits per heavy atom. The molecule has 5 nitrogen and oxygen atoms in total. The van der Waals surface area contributed by atoms with Gasteiger partial charge in [-0.1, -0.05) is 287 Å². The van der Waals surface area contributed by atoms with Gasteiger partial charge in [0, 0.05) is 83.5 Å². The Balaban J connectivity index is 0.886. The second-order valence-electron chi connectivity index (χ2n) is 34.6. The summed E-state index contributed by atoms with van der Waals surface area (Å²) >= 11 is 0. The van der Waals surface area contributed by atoms with E-state index >= 15 is 0 Å². The van der Waals surface area contributed by atoms with E-state index in [2.05, 4.69) is 444 Å². The van der Waals surface area contributed by atoms with Gasteiger partial charge in [0.1, 0.15) is 0 Å². The Morgan fingerprint density at radius 3 is 0.895 bits per heavy atom. The number of hydrogen-bond donors (Lipinski definition) is 0. The van der Waals surface area contributed by atoms with E-state index in [4.69, 9.17) is 0 Å². The summed E-state index contributed by atoms with van der Waals surface area (Å²) in [6.45, 7) is 20.7. The molecule has 0 spiro atoms. The van der Waals surface area contributed by atoms with Gasteiger partial charge in [0.05, 0.1) is 33.1 Å². The summed E-state index contributed by atoms with van der Waals surface area (Å²) < 4.78 is 7.52. The Labute approximate surface area is 667 Å². The summed E-state index contributed by atoms with van der Waals surface area (Å²) in [6, 6.07) is 136. The van der Waals surface area contributed by atoms with Gasteiger partial charge in [0.2, 0.25) is 0 Å². The van der Waals surface area contributed by atoms with Gasteiger partial charge in [0.25, 0.3) is 6.71 Å². The standard InChI is InChI=1S/C108H86BN5/c1-106(2,3)79-38-28-37-73(57-79)78-62-103-105-104(63-78)114(86-60-76(71-33-18-12-19-34-71)56-77(61-86)72-35-20-13-21-36-72)102-68-84(112-98-52-45-80(107(4,5)6)64-90(98)91-65-81(108(7,8)9)46-53-99(91)112)48-51-94(102)109(105)93-50-47-83(67-101(93)113(103)85-58-74(69-29-14-10-15-30-69)55-75(59-85)70-31-16-11-17-32-70)111-97-44-27-24-41-89(97)92-66-82(49-54-100(92)111)110-95-42-25-22-39-87(95)88-40-23-26-43-96(88)110/h10-68H,1-9H3. The average Bonchev–Trinajstić information content (AvgIpc) is 1.05. The van der Waals surface area contributed by atoms with E-state index in [1.165, 1.54) is 87.5 Å². The van der Waals surface area contributed by atoms with Crippen LogP contribution in [0.5, 0.6) is 0 Å². The molecular formula is C108H86BN5. The lowest BCUT2D eigenvalue weighted by molar-refractivity contribution is 0.590. The van der Waals surface area contributed by atoms with Crippen LogP contribution in [0.2, 0.25) is 0 Å². The molecule has 0 atom stereocenters. The van der Waals surface area contributed by atoms with Crippen molar-refractivity contribution < 1.29 is 0 Å². The number of fused-ring (bicyclic) bond motifs is 13. The van der Waals surface area contributed by atoms with Crippen molar-refractivity contribution in [3.8, 4) is 72.7 Å². The highest BCUT2D eigenvalue weighted by atomic mass is 15.2. The monoisotopic (exact) mass is 1460 g/mol. The number of rotatable bonds is 10. The first-order chi connectivity index (χ1) is 55.4. The molecule has 16 aromatic carbocycles. The van der Waals surface area contributed by atoms with E-state index in [1.807, 2.05) is 0 Å². The van der Waals surface area contributed by atoms with Crippen molar-refractivity contribution in [1.82, 2.24) is 13.7 Å². The van der Waals surface area contributed by atoms with Gasteiger partial charge in [-0.3, -0.25) is 0 Å². The van der Waals surface area contributed by atoms with Crippen LogP contribution in [0.1, 0.15) is 79.0 Å². The van der Waals surface area contributed by atoms with Gasteiger partial charge in [0.15, 0.2) is 0 Å². The fraction of sp³-hybridized carbons (Fsp3) is 0.111. The SMILES string of the molecule is CC(C)(C)c1cccc(-c2cc3c4c(c2)N(c2cc(-c5ccccc5)cc(-c5ccccc5)c2)c2cc(-n5c6ccc(C(C)(C)C)cc6c6cc(C(C)(C)C)ccc65)ccc2B4c2ccc(-n4c5ccccc5c5cc(-n6c7ccccc7c7ccccc76)ccc54)cc2N3c2cc(-c3ccccc3)cc(-c3ccccc3)c2)c1. The summed E-state index contributed by atoms with van der Waals surface area (Å²) in [7, 11) is 0. The minimum atomic E-state index is -0.254. The maximum absolute atomic E-state index is 2.66. The highest BCUT2D eigenvalue weighted by Gasteiger charge is 2.45. The van der Waals surface area contributed by atoms with Crippen LogP contribution in [0.3, 0.4) is 0 Å². The average molecular weight is 1460 g/mol. The molecule has 19 aromatic rings. The number of nitrogens with zero attached hydrogens (tertiary/aromatic N) is 5. The molecule has 114 heavy (non-hydrogen) atoms. The summed E-state index contributed by atoms with van der Waals surface area (Å²) in [5.41, 5.74) is 35.7. The zero-order chi connectivity index (χ0) is 77.0. The largest absolute Gasteiger partial charge is 0.311 e. The Kier molecular flexibility index (Phi) is 15.7. The molecule has 0 bridgehead atoms. The normalized spacial score (nSPS) is 12.9. The highest BCUT2D eigenvalue weighted by molar-refractivity contribution is 7.00. The lowest BCUT2D eigenvalue weighted by atomic mass is 9.33. The van der Waals surface area contributed by atoms with Gasteiger partial charge in [-0.15, -0.1) is 0 Å². The van der Waals surface area contributed by atoms with Crippen LogP contribution < -0.4 is 26.2 Å². The molecule has 0 aliphatic carbocycles. The van der Waals surface area contributed by atoms with E-state index < -0.39 is 0 Å². The predicted molar refractivity (Wildman–Crippen MR) is 487 cm³/mol. The van der Waals surface area contributed by atoms with E-state index in [0.717, 1.165) is 118 Å². The fourth-order valence-electron chi connectivity index (χ4n) is 18.6. The third-order valence-electron chi connectivity index (χ3n) is 24.4. The van der Waals surface area contributed by atoms with Crippen LogP contribution in [-0.2, 0) is 16.2 Å². The number of anilines is 6. The van der Waals surface area contributed by atoms with Crippen molar-refractivity contribution in [3.05, 3.63) is 375 Å². The van der Waals surface area contributed by atoms with E-state index in [-0.39, 0.29) is 23.0 Å². The second kappa shape index (κ2) is 26.1. The van der Waals surface area contributed by atoms with E-state index in [1.54, 1.807) is 0 Å². The topological polar surface area (TPSA) is 21.3 Å². The molecule has 0 amide bonds. The number of para-hydroxylation sites is 3. The molecule has 3 aromatic heterocycles. The van der Waals surface area contributed by atoms with Gasteiger partial charge < -0.3 is 23.5 Å². The third kappa shape index (κ3) is 11.3. The Hall–Kier alpha value is -13.4. The smallest absolute Gasteiger partial charge is 0.252 e. The molecule has 0 saturated carbocycles. The molecule has 0 radical (unpaired) electrons. The van der Waals surface area contributed by atoms with Crippen LogP contribution in [0.25, 0.3) is 138 Å². The van der Waals surface area contributed by atoms with Crippen molar-refractivity contribution >= 4 is 123 Å². The second-order valence-corrected chi connectivity index (χ2v) is 34.6. The van der Waals surface area contributed by atoms with Crippen LogP contribution in [-0.4, -0.2) is 20.4 Å². The third-order valence-corrected chi connectivity index (χ3v) is 24.4. The minimum absolute atomic E-state index is 0.0626. The van der Waals surface area contributed by atoms with Gasteiger partial charge in [-0.25, -0.2) is 0 Å². The van der Waals surface area contributed by atoms with Crippen LogP contribution in [0, 0.1) is 0 Å². The Morgan fingerprint density at radius 1 is 0.193 bits per heavy atom. The molecule has 546 valence electrons. The molecule has 6 heteroatoms. The van der Waals surface area contributed by atoms with Gasteiger partial charge >= 0.3 is 0 Å². The lowest BCUT2D eigenvalue weighted by Crippen LogP contribution is -2.61. The summed E-state index contributed by atoms with van der Waals surface area (Å²) in [5, 5.41) is 7.39. The van der Waals surface area contributed by atoms with Crippen molar-refractivity contribution in [1.29, 1.82) is 0 Å². The van der Waals surface area contributed by atoms with Gasteiger partial charge in [-0.05, 0) is 238 Å². The molecule has 2 aliphatic heterocycles. The number of hydrogen-bond acceptors (Lipinski definition) is 2. The fourth-order valence-corrected chi connectivity index (χ4v) is 18.6. The van der Waals surface area contributed by atoms with Crippen LogP contribution in [0.15, 0.2) is 358 Å². The molecule has 0 fully saturated rings. The summed E-state index contributed by atoms with van der Waals surface area (Å²) in [4.78, 5) is 5.31. The van der Waals surface area contributed by atoms with E-state index in [9.17, 15) is 0 Å². The maximum Gasteiger partial charge on any atom is 0.252 e. The van der Waals surface area contributed by atoms with Crippen molar-refractivity contribution in [2.45, 2.75) is 78.6 Å². The van der Waals surface area contributed by atoms with Crippen molar-refractivity contribution in [2.24, 2.45) is 0 Å². The quantitative estimate of drug-likeness (QED) is 0.127. The first-order valence-corrected chi connectivity index (χ1v) is 40.2. The van der Waals surface area contributed by atoms with Crippen LogP contribution in [0.4, 0.5) is 34.1 Å². The molecule has 0 unspecified atom stereocenters. The molecule has 0 N–H and O–H groups in total. The first kappa shape index (κ1) is 68.6. The zero-order valence-corrected chi connectivity index (χ0v) is 65.9. The molecule has 5 heterocycles. The molecular weight excluding hydrogens is 1380 g/mol. The maximum atomic E-state index is 2.66. The molecule has 21 rings (SSSR count). The van der Waals surface area contributed by atoms with E-state index in [0.29, 0.717) is 0 Å². The summed E-state index contributed by atoms with van der Waals surface area (Å²) in [5.74, 6) is 0. The lowest BCUT2D eigenvalue weighted by Gasteiger charge is -2.45.